The number of hydrogen-bond donors (Lipinski definition) is 0. The van der Waals surface area contributed by atoms with E-state index in [1.807, 2.05) is 6.20 Å². The van der Waals surface area contributed by atoms with E-state index < -0.39 is 0 Å². The van der Waals surface area contributed by atoms with E-state index >= 15 is 0 Å². The van der Waals surface area contributed by atoms with Crippen LogP contribution >= 0.6 is 0 Å². The Bertz CT molecular complexity index is 611. The molecule has 5 heteroatoms. The Balaban J connectivity index is 1.50. The third-order valence-corrected chi connectivity index (χ3v) is 4.43. The second-order valence-corrected chi connectivity index (χ2v) is 6.00. The van der Waals surface area contributed by atoms with Crippen molar-refractivity contribution >= 4 is 0 Å². The number of imidazole rings is 1. The van der Waals surface area contributed by atoms with Crippen LogP contribution in [0.1, 0.15) is 31.6 Å². The molecule has 0 spiro atoms. The Morgan fingerprint density at radius 2 is 2.13 bits per heavy atom. The van der Waals surface area contributed by atoms with Crippen molar-refractivity contribution in [2.75, 3.05) is 26.2 Å². The topological polar surface area (TPSA) is 30.3 Å². The summed E-state index contributed by atoms with van der Waals surface area (Å²) in [7, 11) is 0. The summed E-state index contributed by atoms with van der Waals surface area (Å²) in [4.78, 5) is 6.87. The first-order valence-corrected chi connectivity index (χ1v) is 8.38. The largest absolute Gasteiger partial charge is 0.492 e. The van der Waals surface area contributed by atoms with E-state index in [0.29, 0.717) is 12.6 Å². The first-order valence-electron chi connectivity index (χ1n) is 8.38. The lowest BCUT2D eigenvalue weighted by Crippen LogP contribution is -2.39. The van der Waals surface area contributed by atoms with Crippen LogP contribution in [0.25, 0.3) is 0 Å². The summed E-state index contributed by atoms with van der Waals surface area (Å²) in [6.07, 6.45) is 7.37. The minimum absolute atomic E-state index is 0.233. The zero-order chi connectivity index (χ0) is 16.1. The Morgan fingerprint density at radius 3 is 2.91 bits per heavy atom. The lowest BCUT2D eigenvalue weighted by Gasteiger charge is -2.34. The molecule has 1 aromatic carbocycles. The number of halogens is 1. The zero-order valence-corrected chi connectivity index (χ0v) is 13.6. The van der Waals surface area contributed by atoms with Gasteiger partial charge in [-0.3, -0.25) is 4.90 Å². The third kappa shape index (κ3) is 4.10. The molecule has 0 aliphatic carbocycles. The van der Waals surface area contributed by atoms with Crippen LogP contribution in [0.3, 0.4) is 0 Å². The van der Waals surface area contributed by atoms with Gasteiger partial charge >= 0.3 is 0 Å². The van der Waals surface area contributed by atoms with Gasteiger partial charge in [-0.1, -0.05) is 6.92 Å². The van der Waals surface area contributed by atoms with Gasteiger partial charge in [-0.15, -0.1) is 0 Å². The Morgan fingerprint density at radius 1 is 1.30 bits per heavy atom. The monoisotopic (exact) mass is 317 g/mol. The highest BCUT2D eigenvalue weighted by molar-refractivity contribution is 5.21. The van der Waals surface area contributed by atoms with Crippen LogP contribution in [0, 0.1) is 5.82 Å². The van der Waals surface area contributed by atoms with Crippen LogP contribution in [0.5, 0.6) is 5.75 Å². The summed E-state index contributed by atoms with van der Waals surface area (Å²) in [5.74, 6) is 1.66. The van der Waals surface area contributed by atoms with Gasteiger partial charge in [0.15, 0.2) is 0 Å². The van der Waals surface area contributed by atoms with Crippen LogP contribution in [0.15, 0.2) is 36.7 Å². The zero-order valence-electron chi connectivity index (χ0n) is 13.6. The molecule has 1 aromatic heterocycles. The van der Waals surface area contributed by atoms with E-state index in [-0.39, 0.29) is 5.82 Å². The van der Waals surface area contributed by atoms with E-state index in [1.165, 1.54) is 30.8 Å². The summed E-state index contributed by atoms with van der Waals surface area (Å²) in [5.41, 5.74) is 0. The molecule has 0 bridgehead atoms. The molecule has 0 N–H and O–H groups in total. The van der Waals surface area contributed by atoms with Crippen LogP contribution < -0.4 is 4.74 Å². The SMILES string of the molecule is CCc1nccn1C1CCCN(CCOc2ccc(F)cc2)C1. The fourth-order valence-corrected chi connectivity index (χ4v) is 3.23. The van der Waals surface area contributed by atoms with Gasteiger partial charge in [0.05, 0.1) is 0 Å². The van der Waals surface area contributed by atoms with E-state index in [1.54, 1.807) is 12.1 Å². The van der Waals surface area contributed by atoms with Crippen molar-refractivity contribution in [3.8, 4) is 5.75 Å². The molecule has 3 rings (SSSR count). The first kappa shape index (κ1) is 16.0. The van der Waals surface area contributed by atoms with Gasteiger partial charge in [-0.25, -0.2) is 9.37 Å². The average Bonchev–Trinajstić information content (AvgIpc) is 3.06. The molecule has 2 aromatic rings. The number of benzene rings is 1. The standard InChI is InChI=1S/C18H24FN3O/c1-2-18-20-9-11-22(18)16-4-3-10-21(14-16)12-13-23-17-7-5-15(19)6-8-17/h5-9,11,16H,2-4,10,12-14H2,1H3. The maximum atomic E-state index is 12.9. The summed E-state index contributed by atoms with van der Waals surface area (Å²) in [6, 6.07) is 6.71. The lowest BCUT2D eigenvalue weighted by atomic mass is 10.1. The van der Waals surface area contributed by atoms with Gasteiger partial charge in [0.25, 0.3) is 0 Å². The molecular weight excluding hydrogens is 293 g/mol. The van der Waals surface area contributed by atoms with Crippen molar-refractivity contribution in [3.05, 3.63) is 48.3 Å². The lowest BCUT2D eigenvalue weighted by molar-refractivity contribution is 0.148. The summed E-state index contributed by atoms with van der Waals surface area (Å²) in [6.45, 7) is 5.82. The second-order valence-electron chi connectivity index (χ2n) is 6.00. The number of ether oxygens (including phenoxy) is 1. The van der Waals surface area contributed by atoms with E-state index in [4.69, 9.17) is 4.74 Å². The molecule has 1 fully saturated rings. The first-order chi connectivity index (χ1) is 11.3. The number of aromatic nitrogens is 2. The van der Waals surface area contributed by atoms with Crippen LogP contribution in [0.4, 0.5) is 4.39 Å². The molecule has 1 aliphatic rings. The van der Waals surface area contributed by atoms with Crippen LogP contribution in [-0.4, -0.2) is 40.7 Å². The molecule has 0 radical (unpaired) electrons. The highest BCUT2D eigenvalue weighted by atomic mass is 19.1. The maximum Gasteiger partial charge on any atom is 0.123 e. The summed E-state index contributed by atoms with van der Waals surface area (Å²) in [5, 5.41) is 0. The summed E-state index contributed by atoms with van der Waals surface area (Å²) < 4.78 is 20.9. The van der Waals surface area contributed by atoms with Crippen molar-refractivity contribution in [2.45, 2.75) is 32.2 Å². The second kappa shape index (κ2) is 7.59. The van der Waals surface area contributed by atoms with Crippen molar-refractivity contribution in [1.29, 1.82) is 0 Å². The third-order valence-electron chi connectivity index (χ3n) is 4.43. The predicted molar refractivity (Wildman–Crippen MR) is 88.2 cm³/mol. The van der Waals surface area contributed by atoms with Crippen LogP contribution in [0.2, 0.25) is 0 Å². The Hall–Kier alpha value is -1.88. The van der Waals surface area contributed by atoms with Crippen molar-refractivity contribution < 1.29 is 9.13 Å². The number of piperidine rings is 1. The van der Waals surface area contributed by atoms with Crippen molar-refractivity contribution in [1.82, 2.24) is 14.5 Å². The molecule has 0 saturated carbocycles. The summed E-state index contributed by atoms with van der Waals surface area (Å²) >= 11 is 0. The van der Waals surface area contributed by atoms with Crippen molar-refractivity contribution in [3.63, 3.8) is 0 Å². The van der Waals surface area contributed by atoms with E-state index in [2.05, 4.69) is 27.6 Å². The molecule has 2 heterocycles. The number of aryl methyl sites for hydroxylation is 1. The van der Waals surface area contributed by atoms with Crippen LogP contribution in [-0.2, 0) is 6.42 Å². The number of nitrogens with zero attached hydrogens (tertiary/aromatic N) is 3. The predicted octanol–water partition coefficient (Wildman–Crippen LogP) is 3.30. The minimum atomic E-state index is -0.233. The fraction of sp³-hybridized carbons (Fsp3) is 0.500. The van der Waals surface area contributed by atoms with Gasteiger partial charge in [-0.2, -0.15) is 0 Å². The minimum Gasteiger partial charge on any atom is -0.492 e. The van der Waals surface area contributed by atoms with Gasteiger partial charge in [-0.05, 0) is 43.7 Å². The molecule has 1 saturated heterocycles. The molecule has 0 amide bonds. The molecular formula is C18H24FN3O. The normalized spacial score (nSPS) is 19.0. The molecule has 1 atom stereocenters. The molecule has 4 nitrogen and oxygen atoms in total. The van der Waals surface area contributed by atoms with Gasteiger partial charge < -0.3 is 9.30 Å². The number of rotatable bonds is 6. The average molecular weight is 317 g/mol. The fourth-order valence-electron chi connectivity index (χ4n) is 3.23. The maximum absolute atomic E-state index is 12.9. The van der Waals surface area contributed by atoms with E-state index in [0.717, 1.165) is 31.8 Å². The smallest absolute Gasteiger partial charge is 0.123 e. The van der Waals surface area contributed by atoms with Gasteiger partial charge in [0.2, 0.25) is 0 Å². The molecule has 1 aliphatic heterocycles. The highest BCUT2D eigenvalue weighted by Crippen LogP contribution is 2.23. The molecule has 124 valence electrons. The molecule has 23 heavy (non-hydrogen) atoms. The van der Waals surface area contributed by atoms with E-state index in [9.17, 15) is 4.39 Å². The highest BCUT2D eigenvalue weighted by Gasteiger charge is 2.22. The Kier molecular flexibility index (Phi) is 5.28. The number of hydrogen-bond acceptors (Lipinski definition) is 3. The number of likely N-dealkylation sites (tertiary alicyclic amines) is 1. The van der Waals surface area contributed by atoms with Gasteiger partial charge in [0, 0.05) is 37.9 Å². The quantitative estimate of drug-likeness (QED) is 0.819. The van der Waals surface area contributed by atoms with Gasteiger partial charge in [0.1, 0.15) is 24.0 Å². The Labute approximate surface area is 136 Å². The molecule has 1 unspecified atom stereocenters. The van der Waals surface area contributed by atoms with Crippen molar-refractivity contribution in [2.24, 2.45) is 0 Å².